The van der Waals surface area contributed by atoms with E-state index in [1.165, 1.54) is 73.5 Å². The topological polar surface area (TPSA) is 105 Å². The number of hydrogen-bond donors (Lipinski definition) is 1. The van der Waals surface area contributed by atoms with Crippen molar-refractivity contribution in [2.75, 3.05) is 31.1 Å². The van der Waals surface area contributed by atoms with Crippen molar-refractivity contribution in [3.63, 3.8) is 0 Å². The van der Waals surface area contributed by atoms with Crippen molar-refractivity contribution < 1.29 is 36.3 Å². The van der Waals surface area contributed by atoms with Gasteiger partial charge in [0, 0.05) is 19.7 Å². The Bertz CT molecular complexity index is 1450. The Labute approximate surface area is 225 Å². The van der Waals surface area contributed by atoms with Crippen LogP contribution in [0.3, 0.4) is 0 Å². The molecule has 0 bridgehead atoms. The van der Waals surface area contributed by atoms with E-state index in [-0.39, 0.29) is 29.5 Å². The maximum Gasteiger partial charge on any atom is 0.264 e. The number of likely N-dealkylation sites (N-methyl/N-ethyl adjacent to an activating group) is 1. The second kappa shape index (κ2) is 11.7. The van der Waals surface area contributed by atoms with E-state index in [0.717, 1.165) is 16.4 Å². The van der Waals surface area contributed by atoms with Crippen molar-refractivity contribution in [2.45, 2.75) is 24.4 Å². The number of fused-ring (bicyclic) bond motifs is 1. The average Bonchev–Trinajstić information content (AvgIpc) is 2.94. The third kappa shape index (κ3) is 6.28. The maximum absolute atomic E-state index is 13.9. The van der Waals surface area contributed by atoms with Gasteiger partial charge >= 0.3 is 0 Å². The van der Waals surface area contributed by atoms with E-state index in [4.69, 9.17) is 9.47 Å². The molecule has 12 heteroatoms. The smallest absolute Gasteiger partial charge is 0.264 e. The van der Waals surface area contributed by atoms with Gasteiger partial charge in [0.25, 0.3) is 10.0 Å². The minimum atomic E-state index is -4.38. The summed E-state index contributed by atoms with van der Waals surface area (Å²) in [5.41, 5.74) is 0.567. The molecule has 2 amide bonds. The second-order valence-electron chi connectivity index (χ2n) is 8.73. The average molecular weight is 560 g/mol. The fraction of sp³-hybridized carbons (Fsp3) is 0.259. The normalized spacial score (nSPS) is 13.3. The van der Waals surface area contributed by atoms with Crippen LogP contribution >= 0.6 is 0 Å². The quantitative estimate of drug-likeness (QED) is 0.432. The summed E-state index contributed by atoms with van der Waals surface area (Å²) in [5.74, 6) is -1.63. The van der Waals surface area contributed by atoms with Crippen molar-refractivity contribution in [1.29, 1.82) is 0 Å². The fourth-order valence-corrected chi connectivity index (χ4v) is 5.46. The molecule has 1 aliphatic rings. The minimum absolute atomic E-state index is 0.0361. The fourth-order valence-electron chi connectivity index (χ4n) is 4.03. The van der Waals surface area contributed by atoms with Crippen LogP contribution in [0.15, 0.2) is 71.6 Å². The van der Waals surface area contributed by atoms with Crippen LogP contribution in [0.5, 0.6) is 11.5 Å². The maximum atomic E-state index is 13.9. The summed E-state index contributed by atoms with van der Waals surface area (Å²) < 4.78 is 66.7. The van der Waals surface area contributed by atoms with Crippen molar-refractivity contribution in [2.24, 2.45) is 0 Å². The molecule has 0 saturated heterocycles. The number of anilines is 1. The molecule has 206 valence electrons. The molecule has 1 aliphatic heterocycles. The van der Waals surface area contributed by atoms with E-state index >= 15 is 0 Å². The first-order valence-electron chi connectivity index (χ1n) is 12.0. The van der Waals surface area contributed by atoms with Gasteiger partial charge in [-0.05, 0) is 61.0 Å². The highest BCUT2D eigenvalue weighted by Crippen LogP contribution is 2.34. The Hall–Kier alpha value is -4.19. The standard InChI is InChI=1S/C27H27F2N3O6S/c1-18(27(34)30-2)31(16-19-3-5-20(28)6-4-19)26(33)17-32(22-9-7-21(29)8-10-22)39(35,36)23-11-12-24-25(15-23)38-14-13-37-24/h3-12,15,18H,13-14,16-17H2,1-2H3,(H,30,34)/t18-/m1/s1. The lowest BCUT2D eigenvalue weighted by atomic mass is 10.1. The van der Waals surface area contributed by atoms with E-state index in [9.17, 15) is 26.8 Å². The molecule has 1 atom stereocenters. The molecular weight excluding hydrogens is 532 g/mol. The van der Waals surface area contributed by atoms with Gasteiger partial charge in [-0.15, -0.1) is 0 Å². The summed E-state index contributed by atoms with van der Waals surface area (Å²) in [6, 6.07) is 13.1. The highest BCUT2D eigenvalue weighted by molar-refractivity contribution is 7.92. The van der Waals surface area contributed by atoms with Gasteiger partial charge in [0.1, 0.15) is 37.4 Å². The second-order valence-corrected chi connectivity index (χ2v) is 10.6. The molecule has 1 N–H and O–H groups in total. The summed E-state index contributed by atoms with van der Waals surface area (Å²) in [6.45, 7) is 1.27. The lowest BCUT2D eigenvalue weighted by Gasteiger charge is -2.32. The van der Waals surface area contributed by atoms with E-state index < -0.39 is 46.1 Å². The first-order valence-corrected chi connectivity index (χ1v) is 13.5. The molecule has 0 aliphatic carbocycles. The SMILES string of the molecule is CNC(=O)[C@@H](C)N(Cc1ccc(F)cc1)C(=O)CN(c1ccc(F)cc1)S(=O)(=O)c1ccc2c(c1)OCCO2. The van der Waals surface area contributed by atoms with E-state index in [1.807, 2.05) is 0 Å². The van der Waals surface area contributed by atoms with Gasteiger partial charge in [0.05, 0.1) is 10.6 Å². The summed E-state index contributed by atoms with van der Waals surface area (Å²) in [4.78, 5) is 27.2. The number of carbonyl (C=O) groups is 2. The highest BCUT2D eigenvalue weighted by atomic mass is 32.2. The third-order valence-electron chi connectivity index (χ3n) is 6.17. The molecule has 0 spiro atoms. The molecule has 0 saturated carbocycles. The van der Waals surface area contributed by atoms with Gasteiger partial charge in [-0.1, -0.05) is 12.1 Å². The Morgan fingerprint density at radius 3 is 2.13 bits per heavy atom. The van der Waals surface area contributed by atoms with Crippen molar-refractivity contribution in [3.05, 3.63) is 83.9 Å². The molecule has 0 aromatic heterocycles. The van der Waals surface area contributed by atoms with Gasteiger partial charge in [0.15, 0.2) is 11.5 Å². The van der Waals surface area contributed by atoms with Gasteiger partial charge in [0.2, 0.25) is 11.8 Å². The summed E-state index contributed by atoms with van der Waals surface area (Å²) in [6.07, 6.45) is 0. The lowest BCUT2D eigenvalue weighted by molar-refractivity contribution is -0.139. The number of nitrogens with one attached hydrogen (secondary N) is 1. The van der Waals surface area contributed by atoms with Crippen LogP contribution < -0.4 is 19.1 Å². The number of sulfonamides is 1. The monoisotopic (exact) mass is 559 g/mol. The molecule has 1 heterocycles. The molecule has 9 nitrogen and oxygen atoms in total. The van der Waals surface area contributed by atoms with Crippen LogP contribution in [0.1, 0.15) is 12.5 Å². The van der Waals surface area contributed by atoms with Crippen LogP contribution in [0.25, 0.3) is 0 Å². The van der Waals surface area contributed by atoms with Crippen LogP contribution in [-0.4, -0.2) is 58.0 Å². The molecular formula is C27H27F2N3O6S. The number of amides is 2. The lowest BCUT2D eigenvalue weighted by Crippen LogP contribution is -2.50. The summed E-state index contributed by atoms with van der Waals surface area (Å²) >= 11 is 0. The number of ether oxygens (including phenoxy) is 2. The minimum Gasteiger partial charge on any atom is -0.486 e. The number of rotatable bonds is 9. The van der Waals surface area contributed by atoms with E-state index in [2.05, 4.69) is 5.32 Å². The zero-order valence-electron chi connectivity index (χ0n) is 21.3. The Morgan fingerprint density at radius 2 is 1.51 bits per heavy atom. The van der Waals surface area contributed by atoms with Crippen molar-refractivity contribution >= 4 is 27.5 Å². The largest absolute Gasteiger partial charge is 0.486 e. The molecule has 4 rings (SSSR count). The Morgan fingerprint density at radius 1 is 0.923 bits per heavy atom. The predicted octanol–water partition coefficient (Wildman–Crippen LogP) is 3.09. The molecule has 3 aromatic rings. The Kier molecular flexibility index (Phi) is 8.34. The first kappa shape index (κ1) is 27.8. The van der Waals surface area contributed by atoms with E-state index in [0.29, 0.717) is 17.9 Å². The molecule has 0 fully saturated rings. The van der Waals surface area contributed by atoms with Gasteiger partial charge in [-0.3, -0.25) is 13.9 Å². The summed E-state index contributed by atoms with van der Waals surface area (Å²) in [5, 5.41) is 2.48. The summed E-state index contributed by atoms with van der Waals surface area (Å²) in [7, 11) is -2.97. The molecule has 39 heavy (non-hydrogen) atoms. The number of carbonyl (C=O) groups excluding carboxylic acids is 2. The number of benzene rings is 3. The zero-order chi connectivity index (χ0) is 28.2. The van der Waals surface area contributed by atoms with Crippen LogP contribution in [0, 0.1) is 11.6 Å². The van der Waals surface area contributed by atoms with Crippen LogP contribution in [0.4, 0.5) is 14.5 Å². The number of hydrogen-bond acceptors (Lipinski definition) is 6. The Balaban J connectivity index is 1.72. The van der Waals surface area contributed by atoms with Gasteiger partial charge in [-0.2, -0.15) is 0 Å². The predicted molar refractivity (Wildman–Crippen MR) is 139 cm³/mol. The first-order chi connectivity index (χ1) is 18.6. The van der Waals surface area contributed by atoms with E-state index in [1.54, 1.807) is 0 Å². The van der Waals surface area contributed by atoms with Crippen LogP contribution in [0.2, 0.25) is 0 Å². The third-order valence-corrected chi connectivity index (χ3v) is 7.94. The molecule has 3 aromatic carbocycles. The molecule has 0 radical (unpaired) electrons. The number of halogens is 2. The molecule has 0 unspecified atom stereocenters. The van der Waals surface area contributed by atoms with Gasteiger partial charge < -0.3 is 19.7 Å². The zero-order valence-corrected chi connectivity index (χ0v) is 22.1. The number of nitrogens with zero attached hydrogens (tertiary/aromatic N) is 2. The highest BCUT2D eigenvalue weighted by Gasteiger charge is 2.33. The van der Waals surface area contributed by atoms with Crippen molar-refractivity contribution in [1.82, 2.24) is 10.2 Å². The van der Waals surface area contributed by atoms with Crippen LogP contribution in [-0.2, 0) is 26.2 Å². The van der Waals surface area contributed by atoms with Crippen molar-refractivity contribution in [3.8, 4) is 11.5 Å². The van der Waals surface area contributed by atoms with Gasteiger partial charge in [-0.25, -0.2) is 17.2 Å².